The number of hydrogen-bond donors (Lipinski definition) is 0. The fourth-order valence-electron chi connectivity index (χ4n) is 2.85. The van der Waals surface area contributed by atoms with E-state index in [1.807, 2.05) is 12.1 Å². The van der Waals surface area contributed by atoms with Gasteiger partial charge in [0, 0.05) is 18.9 Å². The van der Waals surface area contributed by atoms with Gasteiger partial charge < -0.3 is 4.74 Å². The highest BCUT2D eigenvalue weighted by atomic mass is 16.5. The summed E-state index contributed by atoms with van der Waals surface area (Å²) in [7, 11) is 1.69. The van der Waals surface area contributed by atoms with E-state index in [0.29, 0.717) is 11.7 Å². The zero-order valence-electron chi connectivity index (χ0n) is 12.6. The van der Waals surface area contributed by atoms with Gasteiger partial charge in [-0.1, -0.05) is 19.1 Å². The van der Waals surface area contributed by atoms with E-state index in [4.69, 9.17) is 4.74 Å². The lowest BCUT2D eigenvalue weighted by Crippen LogP contribution is -2.35. The average Bonchev–Trinajstić information content (AvgIpc) is 2.49. The lowest BCUT2D eigenvalue weighted by Gasteiger charge is -2.31. The van der Waals surface area contributed by atoms with Crippen LogP contribution >= 0.6 is 0 Å². The predicted octanol–water partition coefficient (Wildman–Crippen LogP) is 3.28. The number of ketones is 1. The Hall–Kier alpha value is -1.35. The number of benzene rings is 1. The summed E-state index contributed by atoms with van der Waals surface area (Å²) in [5.41, 5.74) is 1.31. The summed E-state index contributed by atoms with van der Waals surface area (Å²) in [5.74, 6) is 1.68. The highest BCUT2D eigenvalue weighted by Gasteiger charge is 2.23. The molecule has 1 aromatic rings. The maximum atomic E-state index is 11.9. The van der Waals surface area contributed by atoms with Crippen LogP contribution in [-0.2, 0) is 11.3 Å². The van der Waals surface area contributed by atoms with Crippen molar-refractivity contribution in [3.63, 3.8) is 0 Å². The molecule has 1 aromatic carbocycles. The average molecular weight is 275 g/mol. The molecule has 1 heterocycles. The summed E-state index contributed by atoms with van der Waals surface area (Å²) in [6.07, 6.45) is 3.78. The molecule has 20 heavy (non-hydrogen) atoms. The van der Waals surface area contributed by atoms with Crippen molar-refractivity contribution in [1.29, 1.82) is 0 Å². The lowest BCUT2D eigenvalue weighted by atomic mass is 9.90. The van der Waals surface area contributed by atoms with E-state index in [1.54, 1.807) is 7.11 Å². The molecule has 0 amide bonds. The van der Waals surface area contributed by atoms with Crippen LogP contribution in [0.2, 0.25) is 0 Å². The molecule has 3 nitrogen and oxygen atoms in total. The summed E-state index contributed by atoms with van der Waals surface area (Å²) in [6, 6.07) is 8.25. The molecule has 1 aliphatic rings. The van der Waals surface area contributed by atoms with E-state index in [2.05, 4.69) is 24.0 Å². The number of ether oxygens (including phenoxy) is 1. The van der Waals surface area contributed by atoms with Gasteiger partial charge in [0.25, 0.3) is 0 Å². The molecule has 0 unspecified atom stereocenters. The molecule has 0 atom stereocenters. The second-order valence-corrected chi connectivity index (χ2v) is 5.61. The maximum Gasteiger partial charge on any atom is 0.136 e. The summed E-state index contributed by atoms with van der Waals surface area (Å²) < 4.78 is 5.17. The molecule has 0 spiro atoms. The number of hydrogen-bond acceptors (Lipinski definition) is 3. The smallest absolute Gasteiger partial charge is 0.136 e. The minimum absolute atomic E-state index is 0.307. The first-order valence-electron chi connectivity index (χ1n) is 7.61. The van der Waals surface area contributed by atoms with Crippen LogP contribution in [0.25, 0.3) is 0 Å². The summed E-state index contributed by atoms with van der Waals surface area (Å²) >= 11 is 0. The first-order valence-corrected chi connectivity index (χ1v) is 7.61. The number of carbonyl (C=O) groups is 1. The SMILES string of the molecule is CCCC(=O)C1CCN(Cc2ccc(OC)cc2)CC1. The molecule has 110 valence electrons. The van der Waals surface area contributed by atoms with Gasteiger partial charge in [0.05, 0.1) is 7.11 Å². The van der Waals surface area contributed by atoms with Crippen LogP contribution in [0, 0.1) is 5.92 Å². The fourth-order valence-corrected chi connectivity index (χ4v) is 2.85. The van der Waals surface area contributed by atoms with Crippen molar-refractivity contribution < 1.29 is 9.53 Å². The van der Waals surface area contributed by atoms with Crippen molar-refractivity contribution in [2.75, 3.05) is 20.2 Å². The Labute approximate surface area is 121 Å². The molecule has 0 bridgehead atoms. The van der Waals surface area contributed by atoms with Crippen molar-refractivity contribution in [2.45, 2.75) is 39.2 Å². The number of carbonyl (C=O) groups excluding carboxylic acids is 1. The molecule has 3 heteroatoms. The van der Waals surface area contributed by atoms with E-state index in [1.165, 1.54) is 5.56 Å². The standard InChI is InChI=1S/C17H25NO2/c1-3-4-17(19)15-9-11-18(12-10-15)13-14-5-7-16(20-2)8-6-14/h5-8,15H,3-4,9-13H2,1-2H3. The van der Waals surface area contributed by atoms with Crippen LogP contribution in [-0.4, -0.2) is 30.9 Å². The second-order valence-electron chi connectivity index (χ2n) is 5.61. The number of rotatable bonds is 6. The molecule has 0 N–H and O–H groups in total. The summed E-state index contributed by atoms with van der Waals surface area (Å²) in [6.45, 7) is 5.12. The van der Waals surface area contributed by atoms with Gasteiger partial charge in [0.15, 0.2) is 0 Å². The minimum atomic E-state index is 0.307. The van der Waals surface area contributed by atoms with Crippen molar-refractivity contribution >= 4 is 5.78 Å². The third-order valence-electron chi connectivity index (χ3n) is 4.10. The quantitative estimate of drug-likeness (QED) is 0.798. The lowest BCUT2D eigenvalue weighted by molar-refractivity contribution is -0.124. The van der Waals surface area contributed by atoms with Crippen LogP contribution < -0.4 is 4.74 Å². The van der Waals surface area contributed by atoms with Crippen LogP contribution in [0.5, 0.6) is 5.75 Å². The predicted molar refractivity (Wildman–Crippen MR) is 80.9 cm³/mol. The Morgan fingerprint density at radius 3 is 2.45 bits per heavy atom. The number of Topliss-reactive ketones (excluding diaryl/α,β-unsaturated/α-hetero) is 1. The summed E-state index contributed by atoms with van der Waals surface area (Å²) in [5, 5.41) is 0. The molecule has 1 saturated heterocycles. The van der Waals surface area contributed by atoms with E-state index in [0.717, 1.165) is 51.1 Å². The Balaban J connectivity index is 1.80. The third-order valence-corrected chi connectivity index (χ3v) is 4.10. The molecule has 1 fully saturated rings. The number of piperidine rings is 1. The fraction of sp³-hybridized carbons (Fsp3) is 0.588. The molecule has 1 aliphatic heterocycles. The Bertz CT molecular complexity index is 419. The van der Waals surface area contributed by atoms with Gasteiger partial charge in [-0.3, -0.25) is 9.69 Å². The highest BCUT2D eigenvalue weighted by molar-refractivity contribution is 5.81. The first-order chi connectivity index (χ1) is 9.72. The molecule has 0 radical (unpaired) electrons. The maximum absolute atomic E-state index is 11.9. The molecule has 0 aliphatic carbocycles. The molecule has 2 rings (SSSR count). The van der Waals surface area contributed by atoms with Crippen LogP contribution in [0.15, 0.2) is 24.3 Å². The molecule has 0 aromatic heterocycles. The van der Waals surface area contributed by atoms with Gasteiger partial charge in [-0.05, 0) is 50.0 Å². The van der Waals surface area contributed by atoms with Crippen molar-refractivity contribution in [1.82, 2.24) is 4.90 Å². The highest BCUT2D eigenvalue weighted by Crippen LogP contribution is 2.22. The van der Waals surface area contributed by atoms with E-state index < -0.39 is 0 Å². The normalized spacial score (nSPS) is 17.1. The second kappa shape index (κ2) is 7.44. The minimum Gasteiger partial charge on any atom is -0.497 e. The summed E-state index contributed by atoms with van der Waals surface area (Å²) in [4.78, 5) is 14.3. The third kappa shape index (κ3) is 4.07. The van der Waals surface area contributed by atoms with Crippen molar-refractivity contribution in [3.8, 4) is 5.75 Å². The van der Waals surface area contributed by atoms with Crippen LogP contribution in [0.4, 0.5) is 0 Å². The number of methoxy groups -OCH3 is 1. The number of likely N-dealkylation sites (tertiary alicyclic amines) is 1. The van der Waals surface area contributed by atoms with Gasteiger partial charge >= 0.3 is 0 Å². The van der Waals surface area contributed by atoms with Gasteiger partial charge in [-0.2, -0.15) is 0 Å². The van der Waals surface area contributed by atoms with Crippen LogP contribution in [0.3, 0.4) is 0 Å². The zero-order chi connectivity index (χ0) is 14.4. The monoisotopic (exact) mass is 275 g/mol. The Morgan fingerprint density at radius 1 is 1.25 bits per heavy atom. The Morgan fingerprint density at radius 2 is 1.90 bits per heavy atom. The first kappa shape index (κ1) is 15.0. The molecular weight excluding hydrogens is 250 g/mol. The Kier molecular flexibility index (Phi) is 5.60. The van der Waals surface area contributed by atoms with Crippen LogP contribution in [0.1, 0.15) is 38.2 Å². The topological polar surface area (TPSA) is 29.5 Å². The van der Waals surface area contributed by atoms with Gasteiger partial charge in [0.1, 0.15) is 11.5 Å². The number of nitrogens with zero attached hydrogens (tertiary/aromatic N) is 1. The van der Waals surface area contributed by atoms with Crippen molar-refractivity contribution in [3.05, 3.63) is 29.8 Å². The van der Waals surface area contributed by atoms with Gasteiger partial charge in [-0.15, -0.1) is 0 Å². The molecular formula is C17H25NO2. The largest absolute Gasteiger partial charge is 0.497 e. The molecule has 0 saturated carbocycles. The van der Waals surface area contributed by atoms with Crippen molar-refractivity contribution in [2.24, 2.45) is 5.92 Å². The van der Waals surface area contributed by atoms with E-state index in [-0.39, 0.29) is 0 Å². The van der Waals surface area contributed by atoms with Gasteiger partial charge in [-0.25, -0.2) is 0 Å². The van der Waals surface area contributed by atoms with Gasteiger partial charge in [0.2, 0.25) is 0 Å². The van der Waals surface area contributed by atoms with E-state index >= 15 is 0 Å². The van der Waals surface area contributed by atoms with E-state index in [9.17, 15) is 4.79 Å². The zero-order valence-corrected chi connectivity index (χ0v) is 12.6.